The Morgan fingerprint density at radius 1 is 1.21 bits per heavy atom. The van der Waals surface area contributed by atoms with Crippen LogP contribution in [0.15, 0.2) is 17.8 Å². The van der Waals surface area contributed by atoms with Gasteiger partial charge < -0.3 is 9.64 Å². The van der Waals surface area contributed by atoms with Crippen molar-refractivity contribution in [1.29, 1.82) is 0 Å². The van der Waals surface area contributed by atoms with E-state index < -0.39 is 46.2 Å². The molecule has 1 aliphatic heterocycles. The molecule has 0 saturated carbocycles. The second-order valence-corrected chi connectivity index (χ2v) is 5.60. The molecule has 0 amide bonds. The first-order valence-corrected chi connectivity index (χ1v) is 7.18. The van der Waals surface area contributed by atoms with Gasteiger partial charge in [-0.25, -0.2) is 22.4 Å². The normalized spacial score (nSPS) is 18.0. The SMILES string of the molecule is COC(=O)C(=CN1CCC(C)C1)C(=O)c1cc(F)c(F)c(F)c1F. The molecule has 130 valence electrons. The van der Waals surface area contributed by atoms with Crippen LogP contribution in [0.4, 0.5) is 17.6 Å². The standard InChI is InChI=1S/C16H15F4NO3/c1-8-3-4-21(6-8)7-10(16(23)24-2)15(22)9-5-11(17)13(19)14(20)12(9)18/h5,7-8H,3-4,6H2,1-2H3. The van der Waals surface area contributed by atoms with Gasteiger partial charge in [0, 0.05) is 19.3 Å². The summed E-state index contributed by atoms with van der Waals surface area (Å²) < 4.78 is 57.9. The molecule has 1 fully saturated rings. The van der Waals surface area contributed by atoms with Crippen LogP contribution >= 0.6 is 0 Å². The van der Waals surface area contributed by atoms with Crippen molar-refractivity contribution in [3.63, 3.8) is 0 Å². The highest BCUT2D eigenvalue weighted by Gasteiger charge is 2.29. The molecular formula is C16H15F4NO3. The summed E-state index contributed by atoms with van der Waals surface area (Å²) in [5.74, 6) is -9.76. The summed E-state index contributed by atoms with van der Waals surface area (Å²) in [6, 6.07) is 0.222. The first-order valence-electron chi connectivity index (χ1n) is 7.18. The Hall–Kier alpha value is -2.38. The minimum Gasteiger partial charge on any atom is -0.465 e. The number of likely N-dealkylation sites (tertiary alicyclic amines) is 1. The Balaban J connectivity index is 2.46. The van der Waals surface area contributed by atoms with Crippen molar-refractivity contribution in [2.75, 3.05) is 20.2 Å². The molecule has 1 atom stereocenters. The number of hydrogen-bond acceptors (Lipinski definition) is 4. The van der Waals surface area contributed by atoms with E-state index >= 15 is 0 Å². The van der Waals surface area contributed by atoms with Gasteiger partial charge in [0.25, 0.3) is 0 Å². The fraction of sp³-hybridized carbons (Fsp3) is 0.375. The Kier molecular flexibility index (Phi) is 5.26. The number of halogens is 4. The molecule has 0 spiro atoms. The molecule has 8 heteroatoms. The van der Waals surface area contributed by atoms with Crippen LogP contribution in [0, 0.1) is 29.2 Å². The number of hydrogen-bond donors (Lipinski definition) is 0. The summed E-state index contributed by atoms with van der Waals surface area (Å²) >= 11 is 0. The van der Waals surface area contributed by atoms with E-state index in [1.807, 2.05) is 6.92 Å². The van der Waals surface area contributed by atoms with E-state index in [4.69, 9.17) is 0 Å². The molecule has 1 aliphatic rings. The van der Waals surface area contributed by atoms with Gasteiger partial charge >= 0.3 is 5.97 Å². The molecule has 4 nitrogen and oxygen atoms in total. The number of carbonyl (C=O) groups excluding carboxylic acids is 2. The van der Waals surface area contributed by atoms with Gasteiger partial charge in [-0.2, -0.15) is 0 Å². The van der Waals surface area contributed by atoms with Gasteiger partial charge in [0.15, 0.2) is 23.3 Å². The van der Waals surface area contributed by atoms with Crippen LogP contribution in [0.25, 0.3) is 0 Å². The topological polar surface area (TPSA) is 46.6 Å². The summed E-state index contributed by atoms with van der Waals surface area (Å²) in [6.07, 6.45) is 2.00. The molecule has 2 rings (SSSR count). The molecule has 0 bridgehead atoms. The van der Waals surface area contributed by atoms with Crippen molar-refractivity contribution in [1.82, 2.24) is 4.90 Å². The van der Waals surface area contributed by atoms with E-state index in [9.17, 15) is 27.2 Å². The minimum atomic E-state index is -2.11. The Morgan fingerprint density at radius 2 is 1.88 bits per heavy atom. The van der Waals surface area contributed by atoms with E-state index in [0.29, 0.717) is 19.0 Å². The number of carbonyl (C=O) groups is 2. The van der Waals surface area contributed by atoms with Gasteiger partial charge in [-0.15, -0.1) is 0 Å². The van der Waals surface area contributed by atoms with E-state index in [-0.39, 0.29) is 6.07 Å². The second kappa shape index (κ2) is 7.02. The van der Waals surface area contributed by atoms with Gasteiger partial charge in [-0.3, -0.25) is 4.79 Å². The number of Topliss-reactive ketones (excluding diaryl/α,β-unsaturated/α-hetero) is 1. The molecular weight excluding hydrogens is 330 g/mol. The van der Waals surface area contributed by atoms with Crippen molar-refractivity contribution >= 4 is 11.8 Å². The molecule has 1 unspecified atom stereocenters. The molecule has 1 aromatic rings. The third-order valence-corrected chi connectivity index (χ3v) is 3.76. The monoisotopic (exact) mass is 345 g/mol. The second-order valence-electron chi connectivity index (χ2n) is 5.60. The lowest BCUT2D eigenvalue weighted by atomic mass is 10.0. The third-order valence-electron chi connectivity index (χ3n) is 3.76. The maximum absolute atomic E-state index is 13.8. The summed E-state index contributed by atoms with van der Waals surface area (Å²) in [4.78, 5) is 25.8. The lowest BCUT2D eigenvalue weighted by Gasteiger charge is -2.15. The molecule has 0 N–H and O–H groups in total. The minimum absolute atomic E-state index is 0.222. The molecule has 0 aliphatic carbocycles. The Bertz CT molecular complexity index is 718. The average molecular weight is 345 g/mol. The van der Waals surface area contributed by atoms with Crippen LogP contribution < -0.4 is 0 Å². The summed E-state index contributed by atoms with van der Waals surface area (Å²) in [5, 5.41) is 0. The van der Waals surface area contributed by atoms with Crippen LogP contribution in [0.3, 0.4) is 0 Å². The molecule has 0 radical (unpaired) electrons. The summed E-state index contributed by atoms with van der Waals surface area (Å²) in [7, 11) is 1.01. The van der Waals surface area contributed by atoms with E-state index in [1.165, 1.54) is 6.20 Å². The van der Waals surface area contributed by atoms with Crippen molar-refractivity contribution in [3.05, 3.63) is 46.7 Å². The van der Waals surface area contributed by atoms with Crippen LogP contribution in [0.2, 0.25) is 0 Å². The van der Waals surface area contributed by atoms with Crippen molar-refractivity contribution in [2.45, 2.75) is 13.3 Å². The van der Waals surface area contributed by atoms with Crippen LogP contribution in [0.1, 0.15) is 23.7 Å². The highest BCUT2D eigenvalue weighted by atomic mass is 19.2. The maximum atomic E-state index is 13.8. The number of nitrogens with zero attached hydrogens (tertiary/aromatic N) is 1. The van der Waals surface area contributed by atoms with Crippen LogP contribution in [-0.4, -0.2) is 36.9 Å². The quantitative estimate of drug-likeness (QED) is 0.123. The van der Waals surface area contributed by atoms with Crippen molar-refractivity contribution in [2.24, 2.45) is 5.92 Å². The smallest absolute Gasteiger partial charge is 0.343 e. The molecule has 1 heterocycles. The first kappa shape index (κ1) is 18.0. The number of benzene rings is 1. The zero-order valence-corrected chi connectivity index (χ0v) is 13.0. The van der Waals surface area contributed by atoms with Gasteiger partial charge in [0.2, 0.25) is 5.78 Å². The largest absolute Gasteiger partial charge is 0.465 e. The summed E-state index contributed by atoms with van der Waals surface area (Å²) in [6.45, 7) is 3.09. The predicted molar refractivity (Wildman–Crippen MR) is 76.1 cm³/mol. The molecule has 1 saturated heterocycles. The zero-order valence-electron chi connectivity index (χ0n) is 13.0. The number of ketones is 1. The number of methoxy groups -OCH3 is 1. The highest BCUT2D eigenvalue weighted by Crippen LogP contribution is 2.23. The molecule has 1 aromatic carbocycles. The summed E-state index contributed by atoms with van der Waals surface area (Å²) in [5.41, 5.74) is -1.66. The van der Waals surface area contributed by atoms with E-state index in [1.54, 1.807) is 4.90 Å². The fourth-order valence-electron chi connectivity index (χ4n) is 2.47. The number of rotatable bonds is 4. The van der Waals surface area contributed by atoms with Gasteiger partial charge in [0.05, 0.1) is 12.7 Å². The zero-order chi connectivity index (χ0) is 18.0. The Labute approximate surface area is 135 Å². The fourth-order valence-corrected chi connectivity index (χ4v) is 2.47. The van der Waals surface area contributed by atoms with Crippen LogP contribution in [-0.2, 0) is 9.53 Å². The lowest BCUT2D eigenvalue weighted by molar-refractivity contribution is -0.135. The molecule has 24 heavy (non-hydrogen) atoms. The number of esters is 1. The van der Waals surface area contributed by atoms with Crippen molar-refractivity contribution in [3.8, 4) is 0 Å². The van der Waals surface area contributed by atoms with Gasteiger partial charge in [-0.1, -0.05) is 6.92 Å². The van der Waals surface area contributed by atoms with Gasteiger partial charge in [0.1, 0.15) is 5.57 Å². The van der Waals surface area contributed by atoms with Crippen molar-refractivity contribution < 1.29 is 31.9 Å². The molecule has 0 aromatic heterocycles. The van der Waals surface area contributed by atoms with E-state index in [2.05, 4.69) is 4.74 Å². The average Bonchev–Trinajstić information content (AvgIpc) is 2.97. The van der Waals surface area contributed by atoms with Gasteiger partial charge in [-0.05, 0) is 18.4 Å². The van der Waals surface area contributed by atoms with E-state index in [0.717, 1.165) is 13.5 Å². The number of ether oxygens (including phenoxy) is 1. The lowest BCUT2D eigenvalue weighted by Crippen LogP contribution is -2.22. The predicted octanol–water partition coefficient (Wildman–Crippen LogP) is 2.82. The maximum Gasteiger partial charge on any atom is 0.343 e. The first-order chi connectivity index (χ1) is 11.3. The highest BCUT2D eigenvalue weighted by molar-refractivity contribution is 6.24. The Morgan fingerprint density at radius 3 is 2.42 bits per heavy atom. The van der Waals surface area contributed by atoms with Crippen LogP contribution in [0.5, 0.6) is 0 Å². The third kappa shape index (κ3) is 3.42.